The maximum atomic E-state index is 14.0. The Kier molecular flexibility index (Phi) is 11.6. The lowest BCUT2D eigenvalue weighted by Gasteiger charge is -2.24. The average molecular weight is 751 g/mol. The van der Waals surface area contributed by atoms with Gasteiger partial charge in [-0.2, -0.15) is 0 Å². The fourth-order valence-corrected chi connectivity index (χ4v) is 7.08. The highest BCUT2D eigenvalue weighted by atomic mass is 16.5. The van der Waals surface area contributed by atoms with Crippen LogP contribution >= 0.6 is 0 Å². The van der Waals surface area contributed by atoms with E-state index in [1.54, 1.807) is 36.8 Å². The van der Waals surface area contributed by atoms with Crippen molar-refractivity contribution in [3.63, 3.8) is 0 Å². The van der Waals surface area contributed by atoms with E-state index in [0.29, 0.717) is 23.0 Å². The zero-order valence-electron chi connectivity index (χ0n) is 34.1. The zero-order valence-corrected chi connectivity index (χ0v) is 34.1. The third-order valence-corrected chi connectivity index (χ3v) is 10.8. The first kappa shape index (κ1) is 40.4. The number of nitrogens with zero attached hydrogens (tertiary/aromatic N) is 6. The van der Waals surface area contributed by atoms with Gasteiger partial charge in [0, 0.05) is 25.5 Å². The predicted molar refractivity (Wildman–Crippen MR) is 203 cm³/mol. The molecule has 3 aliphatic rings. The molecule has 0 saturated heterocycles. The van der Waals surface area contributed by atoms with Gasteiger partial charge >= 0.3 is 0 Å². The van der Waals surface area contributed by atoms with Crippen LogP contribution in [0.15, 0.2) is 9.98 Å². The lowest BCUT2D eigenvalue weighted by molar-refractivity contribution is -0.125. The van der Waals surface area contributed by atoms with E-state index in [1.165, 1.54) is 0 Å². The Balaban J connectivity index is 1.62. The summed E-state index contributed by atoms with van der Waals surface area (Å²) in [6.45, 7) is 22.7. The van der Waals surface area contributed by atoms with Crippen molar-refractivity contribution in [3.05, 3.63) is 34.4 Å². The largest absolute Gasteiger partial charge is 0.474 e. The van der Waals surface area contributed by atoms with E-state index < -0.39 is 60.3 Å². The molecule has 5 rings (SSSR count). The number of nitrogens with one attached hydrogen (secondary N) is 4. The fourth-order valence-electron chi connectivity index (χ4n) is 7.08. The standard InChI is InChI=1S/C38H58N10O6/c1-15(2)23-31-39-27(19(9)47(31)13)33(49)43-26(18(7)8)38-46-30(22(12)54-38)36(52)42-24(16(3)4)32-40-28(20(10)48(32)14)34(50)44-25(17(5)6)37-45-29(21(11)53-37)35(51)41-23/h15-18,21-26,29-30H,1-14H3,(H,41,51)(H,42,52)(H,43,49)(H,44,50)/t21-,22-,23-,24-,25+,26+,29+,30+/m1/s1. The Hall–Kier alpha value is -4.76. The monoisotopic (exact) mass is 750 g/mol. The minimum absolute atomic E-state index is 0.108. The number of aliphatic imine (C=N–C) groups is 2. The van der Waals surface area contributed by atoms with E-state index >= 15 is 0 Å². The fraction of sp³-hybridized carbons (Fsp3) is 0.684. The first-order valence-electron chi connectivity index (χ1n) is 19.0. The number of ether oxygens (including phenoxy) is 2. The van der Waals surface area contributed by atoms with Gasteiger partial charge in [-0.05, 0) is 51.4 Å². The van der Waals surface area contributed by atoms with Crippen LogP contribution in [-0.4, -0.2) is 90.9 Å². The van der Waals surface area contributed by atoms with Gasteiger partial charge in [-0.15, -0.1) is 0 Å². The zero-order chi connectivity index (χ0) is 40.1. The maximum Gasteiger partial charge on any atom is 0.272 e. The van der Waals surface area contributed by atoms with Gasteiger partial charge in [0.1, 0.15) is 47.3 Å². The molecule has 8 bridgehead atoms. The van der Waals surface area contributed by atoms with Crippen LogP contribution in [-0.2, 0) is 33.2 Å². The second-order valence-electron chi connectivity index (χ2n) is 16.2. The van der Waals surface area contributed by atoms with Gasteiger partial charge in [0.25, 0.3) is 11.8 Å². The van der Waals surface area contributed by atoms with Gasteiger partial charge in [-0.1, -0.05) is 55.4 Å². The highest BCUT2D eigenvalue weighted by Gasteiger charge is 2.42. The van der Waals surface area contributed by atoms with Crippen molar-refractivity contribution in [1.82, 2.24) is 40.4 Å². The van der Waals surface area contributed by atoms with Crippen molar-refractivity contribution >= 4 is 35.4 Å². The SMILES string of the molecule is Cc1c2nc(n1C)[C@@H](C(C)C)NC(=O)[C@H]1N=C(O[C@@H]1C)[C@H](C(C)C)NC(=O)c1nc(n(C)c1C)[C@@H](C(C)C)NC(=O)[C@H]1N=C(O[C@@H]1C)[C@H](C(C)C)NC2=O. The van der Waals surface area contributed by atoms with Crippen LogP contribution in [0.3, 0.4) is 0 Å². The molecule has 16 nitrogen and oxygen atoms in total. The van der Waals surface area contributed by atoms with Crippen molar-refractivity contribution < 1.29 is 28.7 Å². The molecule has 8 atom stereocenters. The van der Waals surface area contributed by atoms with Crippen LogP contribution in [0.4, 0.5) is 0 Å². The molecule has 0 spiro atoms. The number of hydrogen-bond donors (Lipinski definition) is 4. The summed E-state index contributed by atoms with van der Waals surface area (Å²) in [6, 6.07) is -4.23. The smallest absolute Gasteiger partial charge is 0.272 e. The molecule has 54 heavy (non-hydrogen) atoms. The molecule has 296 valence electrons. The average Bonchev–Trinajstić information content (AvgIpc) is 3.83. The van der Waals surface area contributed by atoms with Crippen LogP contribution in [0.1, 0.15) is 125 Å². The summed E-state index contributed by atoms with van der Waals surface area (Å²) in [7, 11) is 3.61. The summed E-state index contributed by atoms with van der Waals surface area (Å²) in [4.78, 5) is 74.8. The van der Waals surface area contributed by atoms with Crippen LogP contribution in [0.2, 0.25) is 0 Å². The summed E-state index contributed by atoms with van der Waals surface area (Å²) in [5, 5.41) is 12.4. The van der Waals surface area contributed by atoms with Gasteiger partial charge in [-0.25, -0.2) is 20.0 Å². The molecule has 3 aliphatic heterocycles. The second kappa shape index (κ2) is 15.5. The quantitative estimate of drug-likeness (QED) is 0.366. The van der Waals surface area contributed by atoms with Crippen molar-refractivity contribution in [2.24, 2.45) is 47.8 Å². The molecule has 4 amide bonds. The summed E-state index contributed by atoms with van der Waals surface area (Å²) in [6.07, 6.45) is -1.22. The van der Waals surface area contributed by atoms with Crippen LogP contribution in [0, 0.1) is 37.5 Å². The Labute approximate surface area is 317 Å². The maximum absolute atomic E-state index is 14.0. The highest BCUT2D eigenvalue weighted by molar-refractivity contribution is 6.00. The summed E-state index contributed by atoms with van der Waals surface area (Å²) in [5.74, 6) is -0.588. The second-order valence-corrected chi connectivity index (χ2v) is 16.2. The number of carbonyl (C=O) groups excluding carboxylic acids is 4. The molecule has 0 aliphatic carbocycles. The summed E-state index contributed by atoms with van der Waals surface area (Å²) < 4.78 is 15.9. The van der Waals surface area contributed by atoms with Crippen LogP contribution in [0.25, 0.3) is 0 Å². The van der Waals surface area contributed by atoms with Crippen molar-refractivity contribution in [1.29, 1.82) is 0 Å². The van der Waals surface area contributed by atoms with E-state index in [9.17, 15) is 19.2 Å². The number of amides is 4. The van der Waals surface area contributed by atoms with Gasteiger partial charge in [0.2, 0.25) is 23.6 Å². The Morgan fingerprint density at radius 1 is 0.537 bits per heavy atom. The normalized spacial score (nSPS) is 28.3. The molecule has 16 heteroatoms. The third kappa shape index (κ3) is 7.61. The molecule has 4 N–H and O–H groups in total. The minimum atomic E-state index is -0.891. The molecule has 0 saturated carbocycles. The molecular formula is C38H58N10O6. The number of imidazole rings is 2. The van der Waals surface area contributed by atoms with Gasteiger partial charge in [0.05, 0.1) is 12.1 Å². The number of hydrogen-bond acceptors (Lipinski definition) is 10. The van der Waals surface area contributed by atoms with Gasteiger partial charge in [0.15, 0.2) is 12.1 Å². The molecule has 0 unspecified atom stereocenters. The van der Waals surface area contributed by atoms with E-state index in [4.69, 9.17) is 29.4 Å². The molecule has 2 aromatic rings. The molecule has 0 radical (unpaired) electrons. The summed E-state index contributed by atoms with van der Waals surface area (Å²) in [5.41, 5.74) is 1.62. The number of carbonyl (C=O) groups is 4. The molecular weight excluding hydrogens is 692 g/mol. The van der Waals surface area contributed by atoms with Gasteiger partial charge < -0.3 is 39.9 Å². The lowest BCUT2D eigenvalue weighted by atomic mass is 10.0. The topological polar surface area (TPSA) is 195 Å². The Morgan fingerprint density at radius 3 is 1.15 bits per heavy atom. The first-order chi connectivity index (χ1) is 25.2. The van der Waals surface area contributed by atoms with Crippen molar-refractivity contribution in [2.75, 3.05) is 0 Å². The van der Waals surface area contributed by atoms with Gasteiger partial charge in [-0.3, -0.25) is 19.2 Å². The number of rotatable bonds is 4. The number of fused-ring (bicyclic) bond motifs is 6. The Bertz CT molecular complexity index is 1720. The Morgan fingerprint density at radius 2 is 0.852 bits per heavy atom. The third-order valence-electron chi connectivity index (χ3n) is 10.8. The molecule has 2 aromatic heterocycles. The van der Waals surface area contributed by atoms with Crippen LogP contribution < -0.4 is 21.3 Å². The highest BCUT2D eigenvalue weighted by Crippen LogP contribution is 2.28. The molecule has 5 heterocycles. The van der Waals surface area contributed by atoms with Crippen molar-refractivity contribution in [3.8, 4) is 0 Å². The first-order valence-corrected chi connectivity index (χ1v) is 19.0. The van der Waals surface area contributed by atoms with E-state index in [2.05, 4.69) is 21.3 Å². The van der Waals surface area contributed by atoms with E-state index in [0.717, 1.165) is 0 Å². The molecule has 0 aromatic carbocycles. The number of aromatic nitrogens is 4. The predicted octanol–water partition coefficient (Wildman–Crippen LogP) is 2.99. The van der Waals surface area contributed by atoms with E-state index in [1.807, 2.05) is 69.5 Å². The lowest BCUT2D eigenvalue weighted by Crippen LogP contribution is -2.45. The van der Waals surface area contributed by atoms with Crippen LogP contribution in [0.5, 0.6) is 0 Å². The minimum Gasteiger partial charge on any atom is -0.474 e. The van der Waals surface area contributed by atoms with E-state index in [-0.39, 0.29) is 58.7 Å². The summed E-state index contributed by atoms with van der Waals surface area (Å²) >= 11 is 0. The van der Waals surface area contributed by atoms with Crippen molar-refractivity contribution in [2.45, 2.75) is 132 Å². The molecule has 0 fully saturated rings.